The van der Waals surface area contributed by atoms with Crippen molar-refractivity contribution in [2.75, 3.05) is 13.2 Å². The Balaban J connectivity index is 1.64. The van der Waals surface area contributed by atoms with E-state index >= 15 is 0 Å². The van der Waals surface area contributed by atoms with E-state index in [1.54, 1.807) is 42.5 Å². The van der Waals surface area contributed by atoms with E-state index in [9.17, 15) is 13.2 Å². The first kappa shape index (κ1) is 22.7. The molecule has 0 aromatic heterocycles. The summed E-state index contributed by atoms with van der Waals surface area (Å²) in [4.78, 5) is 12.3. The van der Waals surface area contributed by atoms with Crippen molar-refractivity contribution in [2.45, 2.75) is 24.5 Å². The Morgan fingerprint density at radius 1 is 0.839 bits per heavy atom. The molecule has 162 valence electrons. The van der Waals surface area contributed by atoms with Gasteiger partial charge in [0.15, 0.2) is 0 Å². The molecule has 31 heavy (non-hydrogen) atoms. The van der Waals surface area contributed by atoms with Crippen LogP contribution in [0, 0.1) is 6.92 Å². The van der Waals surface area contributed by atoms with Gasteiger partial charge >= 0.3 is 5.97 Å². The molecule has 1 unspecified atom stereocenters. The maximum Gasteiger partial charge on any atom is 0.338 e. The van der Waals surface area contributed by atoms with Gasteiger partial charge in [-0.05, 0) is 36.8 Å². The highest BCUT2D eigenvalue weighted by atomic mass is 32.2. The summed E-state index contributed by atoms with van der Waals surface area (Å²) in [5.41, 5.74) is 2.25. The van der Waals surface area contributed by atoms with Crippen molar-refractivity contribution >= 4 is 16.1 Å². The van der Waals surface area contributed by atoms with Crippen molar-refractivity contribution in [3.63, 3.8) is 0 Å². The van der Waals surface area contributed by atoms with Gasteiger partial charge in [0.25, 0.3) is 10.1 Å². The fraction of sp³-hybridized carbons (Fsp3) is 0.208. The summed E-state index contributed by atoms with van der Waals surface area (Å²) in [6, 6.07) is 24.3. The molecule has 0 heterocycles. The summed E-state index contributed by atoms with van der Waals surface area (Å²) in [6.07, 6.45) is -0.770. The molecule has 1 atom stereocenters. The molecule has 0 radical (unpaired) electrons. The van der Waals surface area contributed by atoms with Gasteiger partial charge in [-0.2, -0.15) is 8.42 Å². The quantitative estimate of drug-likeness (QED) is 0.348. The summed E-state index contributed by atoms with van der Waals surface area (Å²) in [5, 5.41) is 0. The lowest BCUT2D eigenvalue weighted by molar-refractivity contribution is -0.0331. The van der Waals surface area contributed by atoms with Gasteiger partial charge < -0.3 is 9.47 Å². The second-order valence-corrected chi connectivity index (χ2v) is 8.55. The molecule has 0 aliphatic heterocycles. The number of rotatable bonds is 10. The standard InChI is InChI=1S/C24H24O6S/c1-19-12-14-23(15-13-19)31(26,27)30-18-22(28-16-20-8-4-2-5-9-20)17-29-24(25)21-10-6-3-7-11-21/h2-15,22H,16-18H2,1H3. The minimum absolute atomic E-state index is 0.0567. The van der Waals surface area contributed by atoms with Crippen LogP contribution in [-0.4, -0.2) is 33.7 Å². The summed E-state index contributed by atoms with van der Waals surface area (Å²) in [6.45, 7) is 1.66. The third-order valence-corrected chi connectivity index (χ3v) is 5.75. The minimum Gasteiger partial charge on any atom is -0.459 e. The highest BCUT2D eigenvalue weighted by Crippen LogP contribution is 2.15. The van der Waals surface area contributed by atoms with E-state index in [4.69, 9.17) is 13.7 Å². The molecule has 0 fully saturated rings. The molecule has 7 heteroatoms. The van der Waals surface area contributed by atoms with Gasteiger partial charge in [0, 0.05) is 0 Å². The smallest absolute Gasteiger partial charge is 0.338 e. The van der Waals surface area contributed by atoms with Crippen LogP contribution < -0.4 is 0 Å². The lowest BCUT2D eigenvalue weighted by Crippen LogP contribution is -2.28. The van der Waals surface area contributed by atoms with E-state index in [0.717, 1.165) is 11.1 Å². The SMILES string of the molecule is Cc1ccc(S(=O)(=O)OCC(COC(=O)c2ccccc2)OCc2ccccc2)cc1. The number of carbonyl (C=O) groups is 1. The highest BCUT2D eigenvalue weighted by Gasteiger charge is 2.21. The van der Waals surface area contributed by atoms with Gasteiger partial charge in [-0.15, -0.1) is 0 Å². The molecule has 0 spiro atoms. The van der Waals surface area contributed by atoms with Crippen LogP contribution in [0.4, 0.5) is 0 Å². The molecule has 3 rings (SSSR count). The van der Waals surface area contributed by atoms with Crippen LogP contribution in [0.1, 0.15) is 21.5 Å². The van der Waals surface area contributed by atoms with E-state index in [1.165, 1.54) is 12.1 Å². The molecule has 0 aliphatic rings. The first-order chi connectivity index (χ1) is 14.9. The van der Waals surface area contributed by atoms with Crippen molar-refractivity contribution in [3.05, 3.63) is 102 Å². The molecule has 0 saturated heterocycles. The molecule has 0 amide bonds. The first-order valence-corrected chi connectivity index (χ1v) is 11.2. The second-order valence-electron chi connectivity index (χ2n) is 6.93. The van der Waals surface area contributed by atoms with Crippen LogP contribution in [0.3, 0.4) is 0 Å². The van der Waals surface area contributed by atoms with Gasteiger partial charge in [-0.3, -0.25) is 4.18 Å². The fourth-order valence-electron chi connectivity index (χ4n) is 2.70. The number of aryl methyl sites for hydroxylation is 1. The number of carbonyl (C=O) groups excluding carboxylic acids is 1. The van der Waals surface area contributed by atoms with Gasteiger partial charge in [0.2, 0.25) is 0 Å². The monoisotopic (exact) mass is 440 g/mol. The number of hydrogen-bond acceptors (Lipinski definition) is 6. The number of esters is 1. The van der Waals surface area contributed by atoms with Crippen LogP contribution in [0.25, 0.3) is 0 Å². The van der Waals surface area contributed by atoms with E-state index in [1.807, 2.05) is 37.3 Å². The normalized spacial score (nSPS) is 12.3. The summed E-state index contributed by atoms with van der Waals surface area (Å²) in [7, 11) is -3.97. The largest absolute Gasteiger partial charge is 0.459 e. The number of ether oxygens (including phenoxy) is 2. The fourth-order valence-corrected chi connectivity index (χ4v) is 3.63. The van der Waals surface area contributed by atoms with Crippen molar-refractivity contribution < 1.29 is 26.9 Å². The van der Waals surface area contributed by atoms with Gasteiger partial charge in [0.05, 0.1) is 23.7 Å². The Labute approximate surface area is 182 Å². The topological polar surface area (TPSA) is 78.9 Å². The average Bonchev–Trinajstić information content (AvgIpc) is 2.80. The van der Waals surface area contributed by atoms with E-state index < -0.39 is 22.2 Å². The van der Waals surface area contributed by atoms with E-state index in [-0.39, 0.29) is 24.7 Å². The lowest BCUT2D eigenvalue weighted by atomic mass is 10.2. The van der Waals surface area contributed by atoms with Crippen LogP contribution in [0.15, 0.2) is 89.8 Å². The van der Waals surface area contributed by atoms with Crippen molar-refractivity contribution in [1.29, 1.82) is 0 Å². The zero-order valence-electron chi connectivity index (χ0n) is 17.1. The van der Waals surface area contributed by atoms with Crippen LogP contribution in [0.5, 0.6) is 0 Å². The second kappa shape index (κ2) is 10.9. The maximum atomic E-state index is 12.5. The molecule has 3 aromatic carbocycles. The van der Waals surface area contributed by atoms with Gasteiger partial charge in [-0.25, -0.2) is 4.79 Å². The van der Waals surface area contributed by atoms with Crippen molar-refractivity contribution in [1.82, 2.24) is 0 Å². The summed E-state index contributed by atoms with van der Waals surface area (Å²) < 4.78 is 41.3. The van der Waals surface area contributed by atoms with E-state index in [0.29, 0.717) is 5.56 Å². The molecule has 0 bridgehead atoms. The van der Waals surface area contributed by atoms with Crippen LogP contribution in [0.2, 0.25) is 0 Å². The first-order valence-electron chi connectivity index (χ1n) is 9.78. The number of hydrogen-bond donors (Lipinski definition) is 0. The van der Waals surface area contributed by atoms with Crippen molar-refractivity contribution in [3.8, 4) is 0 Å². The third-order valence-electron chi connectivity index (χ3n) is 4.46. The molecule has 3 aromatic rings. The average molecular weight is 441 g/mol. The van der Waals surface area contributed by atoms with Gasteiger partial charge in [0.1, 0.15) is 12.7 Å². The molecular weight excluding hydrogens is 416 g/mol. The maximum absolute atomic E-state index is 12.5. The minimum atomic E-state index is -3.97. The van der Waals surface area contributed by atoms with Crippen LogP contribution >= 0.6 is 0 Å². The van der Waals surface area contributed by atoms with E-state index in [2.05, 4.69) is 0 Å². The summed E-state index contributed by atoms with van der Waals surface area (Å²) >= 11 is 0. The summed E-state index contributed by atoms with van der Waals surface area (Å²) in [5.74, 6) is -0.518. The van der Waals surface area contributed by atoms with Crippen molar-refractivity contribution in [2.24, 2.45) is 0 Å². The molecular formula is C24H24O6S. The molecule has 6 nitrogen and oxygen atoms in total. The van der Waals surface area contributed by atoms with Crippen LogP contribution in [-0.2, 0) is 30.4 Å². The van der Waals surface area contributed by atoms with Gasteiger partial charge in [-0.1, -0.05) is 66.2 Å². The third kappa shape index (κ3) is 7.03. The Kier molecular flexibility index (Phi) is 7.94. The number of benzene rings is 3. The predicted molar refractivity (Wildman–Crippen MR) is 116 cm³/mol. The Morgan fingerprint density at radius 2 is 1.45 bits per heavy atom. The Morgan fingerprint density at radius 3 is 2.10 bits per heavy atom. The Hall–Kier alpha value is -3.00. The molecule has 0 N–H and O–H groups in total. The zero-order chi connectivity index (χ0) is 22.1. The predicted octanol–water partition coefficient (Wildman–Crippen LogP) is 4.14. The Bertz CT molecular complexity index is 1060. The molecule has 0 aliphatic carbocycles. The zero-order valence-corrected chi connectivity index (χ0v) is 18.0. The lowest BCUT2D eigenvalue weighted by Gasteiger charge is -2.18. The highest BCUT2D eigenvalue weighted by molar-refractivity contribution is 7.86. The molecule has 0 saturated carbocycles.